The maximum atomic E-state index is 10.6. The molecule has 4 N–H and O–H groups in total. The van der Waals surface area contributed by atoms with Crippen LogP contribution in [-0.2, 0) is 11.3 Å². The Balaban J connectivity index is 2.13. The Morgan fingerprint density at radius 2 is 2.18 bits per heavy atom. The second-order valence-electron chi connectivity index (χ2n) is 3.71. The maximum absolute atomic E-state index is 10.6. The minimum absolute atomic E-state index is 0.149. The summed E-state index contributed by atoms with van der Waals surface area (Å²) >= 11 is 0. The molecule has 0 spiro atoms. The normalized spacial score (nSPS) is 10.4. The zero-order valence-corrected chi connectivity index (χ0v) is 9.44. The molecule has 1 amide bonds. The molecule has 94 valence electrons. The van der Waals surface area contributed by atoms with Crippen molar-refractivity contribution in [2.75, 3.05) is 6.54 Å². The summed E-state index contributed by atoms with van der Waals surface area (Å²) in [6.45, 7) is 1.21. The van der Waals surface area contributed by atoms with E-state index in [9.17, 15) is 9.59 Å². The Kier molecular flexibility index (Phi) is 5.22. The fourth-order valence-corrected chi connectivity index (χ4v) is 1.35. The highest BCUT2D eigenvalue weighted by Gasteiger charge is 2.07. The molecule has 0 unspecified atom stereocenters. The molecule has 0 aromatic carbocycles. The summed E-state index contributed by atoms with van der Waals surface area (Å²) in [5.41, 5.74) is 5.15. The predicted molar refractivity (Wildman–Crippen MR) is 60.4 cm³/mol. The molecule has 6 heteroatoms. The molecule has 6 nitrogen and oxygen atoms in total. The summed E-state index contributed by atoms with van der Waals surface area (Å²) in [5, 5.41) is 11.8. The molecule has 0 atom stereocenters. The van der Waals surface area contributed by atoms with E-state index in [0.29, 0.717) is 18.7 Å². The molecule has 0 fully saturated rings. The van der Waals surface area contributed by atoms with Gasteiger partial charge in [-0.1, -0.05) is 0 Å². The van der Waals surface area contributed by atoms with Gasteiger partial charge in [0.2, 0.25) is 5.91 Å². The summed E-state index contributed by atoms with van der Waals surface area (Å²) in [6, 6.07) is 1.48. The van der Waals surface area contributed by atoms with Gasteiger partial charge in [-0.3, -0.25) is 4.79 Å². The first-order valence-electron chi connectivity index (χ1n) is 5.39. The molecule has 0 bridgehead atoms. The van der Waals surface area contributed by atoms with Crippen LogP contribution in [0.25, 0.3) is 0 Å². The number of hydrogen-bond donors (Lipinski definition) is 3. The van der Waals surface area contributed by atoms with Gasteiger partial charge in [0.05, 0.1) is 12.1 Å². The van der Waals surface area contributed by atoms with Crippen molar-refractivity contribution in [3.05, 3.63) is 23.7 Å². The molecular formula is C11H16N2O4. The van der Waals surface area contributed by atoms with Crippen molar-refractivity contribution in [3.63, 3.8) is 0 Å². The second kappa shape index (κ2) is 6.70. The van der Waals surface area contributed by atoms with Crippen molar-refractivity contribution in [1.82, 2.24) is 5.32 Å². The van der Waals surface area contributed by atoms with E-state index in [1.807, 2.05) is 0 Å². The van der Waals surface area contributed by atoms with Crippen LogP contribution in [0.1, 0.15) is 35.4 Å². The lowest BCUT2D eigenvalue weighted by molar-refractivity contribution is -0.118. The first-order valence-corrected chi connectivity index (χ1v) is 5.39. The molecule has 0 saturated heterocycles. The third-order valence-corrected chi connectivity index (χ3v) is 2.23. The average molecular weight is 240 g/mol. The van der Waals surface area contributed by atoms with Gasteiger partial charge in [-0.15, -0.1) is 0 Å². The molecule has 1 aromatic heterocycles. The Morgan fingerprint density at radius 3 is 2.76 bits per heavy atom. The number of furan rings is 1. The lowest BCUT2D eigenvalue weighted by atomic mass is 10.2. The number of amides is 1. The lowest BCUT2D eigenvalue weighted by Gasteiger charge is -2.01. The Bertz CT molecular complexity index is 387. The van der Waals surface area contributed by atoms with Crippen LogP contribution in [0.2, 0.25) is 0 Å². The molecule has 1 heterocycles. The van der Waals surface area contributed by atoms with Crippen LogP contribution < -0.4 is 11.1 Å². The van der Waals surface area contributed by atoms with E-state index in [4.69, 9.17) is 15.3 Å². The molecule has 0 aliphatic rings. The molecule has 17 heavy (non-hydrogen) atoms. The quantitative estimate of drug-likeness (QED) is 0.581. The molecule has 0 saturated carbocycles. The Labute approximate surface area is 98.8 Å². The van der Waals surface area contributed by atoms with Crippen LogP contribution in [0.3, 0.4) is 0 Å². The third-order valence-electron chi connectivity index (χ3n) is 2.23. The van der Waals surface area contributed by atoms with E-state index in [1.165, 1.54) is 12.3 Å². The number of carbonyl (C=O) groups excluding carboxylic acids is 1. The van der Waals surface area contributed by atoms with E-state index in [-0.39, 0.29) is 11.5 Å². The minimum Gasteiger partial charge on any atom is -0.478 e. The number of primary amides is 1. The fourth-order valence-electron chi connectivity index (χ4n) is 1.35. The van der Waals surface area contributed by atoms with Crippen molar-refractivity contribution in [1.29, 1.82) is 0 Å². The molecule has 1 aromatic rings. The highest BCUT2D eigenvalue weighted by atomic mass is 16.4. The number of hydrogen-bond acceptors (Lipinski definition) is 4. The van der Waals surface area contributed by atoms with Crippen LogP contribution in [0.5, 0.6) is 0 Å². The summed E-state index contributed by atoms with van der Waals surface area (Å²) in [6.07, 6.45) is 3.20. The lowest BCUT2D eigenvalue weighted by Crippen LogP contribution is -2.15. The van der Waals surface area contributed by atoms with Crippen LogP contribution in [-0.4, -0.2) is 23.5 Å². The SMILES string of the molecule is NC(=O)CCCCNCc1cc(C(=O)O)co1. The minimum atomic E-state index is -0.999. The zero-order chi connectivity index (χ0) is 12.7. The molecular weight excluding hydrogens is 224 g/mol. The van der Waals surface area contributed by atoms with Crippen LogP contribution in [0.4, 0.5) is 0 Å². The largest absolute Gasteiger partial charge is 0.478 e. The molecule has 0 radical (unpaired) electrons. The Hall–Kier alpha value is -1.82. The van der Waals surface area contributed by atoms with Crippen molar-refractivity contribution >= 4 is 11.9 Å². The predicted octanol–water partition coefficient (Wildman–Crippen LogP) is 0.723. The van der Waals surface area contributed by atoms with Gasteiger partial charge in [-0.25, -0.2) is 4.79 Å². The van der Waals surface area contributed by atoms with E-state index < -0.39 is 5.97 Å². The van der Waals surface area contributed by atoms with E-state index in [0.717, 1.165) is 19.4 Å². The first-order chi connectivity index (χ1) is 8.09. The fraction of sp³-hybridized carbons (Fsp3) is 0.455. The van der Waals surface area contributed by atoms with Crippen molar-refractivity contribution in [2.45, 2.75) is 25.8 Å². The van der Waals surface area contributed by atoms with Crippen molar-refractivity contribution < 1.29 is 19.1 Å². The Morgan fingerprint density at radius 1 is 1.41 bits per heavy atom. The highest BCUT2D eigenvalue weighted by molar-refractivity contribution is 5.87. The summed E-state index contributed by atoms with van der Waals surface area (Å²) in [7, 11) is 0. The second-order valence-corrected chi connectivity index (χ2v) is 3.71. The van der Waals surface area contributed by atoms with Gasteiger partial charge in [0, 0.05) is 6.42 Å². The number of rotatable bonds is 8. The van der Waals surface area contributed by atoms with Crippen LogP contribution >= 0.6 is 0 Å². The smallest absolute Gasteiger partial charge is 0.338 e. The molecule has 1 rings (SSSR count). The average Bonchev–Trinajstić information content (AvgIpc) is 2.71. The first kappa shape index (κ1) is 13.2. The highest BCUT2D eigenvalue weighted by Crippen LogP contribution is 2.07. The number of carboxylic acids is 1. The monoisotopic (exact) mass is 240 g/mol. The van der Waals surface area contributed by atoms with Crippen LogP contribution in [0, 0.1) is 0 Å². The van der Waals surface area contributed by atoms with Crippen molar-refractivity contribution in [2.24, 2.45) is 5.73 Å². The van der Waals surface area contributed by atoms with Gasteiger partial charge in [0.15, 0.2) is 0 Å². The van der Waals surface area contributed by atoms with Gasteiger partial charge >= 0.3 is 5.97 Å². The van der Waals surface area contributed by atoms with Gasteiger partial charge in [-0.2, -0.15) is 0 Å². The number of unbranched alkanes of at least 4 members (excludes halogenated alkanes) is 1. The maximum Gasteiger partial charge on any atom is 0.338 e. The standard InChI is InChI=1S/C11H16N2O4/c12-10(14)3-1-2-4-13-6-9-5-8(7-17-9)11(15)16/h5,7,13H,1-4,6H2,(H2,12,14)(H,15,16). The zero-order valence-electron chi connectivity index (χ0n) is 9.44. The third kappa shape index (κ3) is 5.17. The number of nitrogens with one attached hydrogen (secondary N) is 1. The molecule has 0 aliphatic heterocycles. The number of aromatic carboxylic acids is 1. The molecule has 0 aliphatic carbocycles. The summed E-state index contributed by atoms with van der Waals surface area (Å²) < 4.78 is 5.05. The van der Waals surface area contributed by atoms with Gasteiger partial charge < -0.3 is 20.6 Å². The van der Waals surface area contributed by atoms with E-state index in [1.54, 1.807) is 0 Å². The summed E-state index contributed by atoms with van der Waals surface area (Å²) in [4.78, 5) is 21.0. The van der Waals surface area contributed by atoms with Gasteiger partial charge in [0.25, 0.3) is 0 Å². The van der Waals surface area contributed by atoms with Crippen molar-refractivity contribution in [3.8, 4) is 0 Å². The van der Waals surface area contributed by atoms with Crippen LogP contribution in [0.15, 0.2) is 16.7 Å². The van der Waals surface area contributed by atoms with Gasteiger partial charge in [0.1, 0.15) is 12.0 Å². The number of nitrogens with two attached hydrogens (primary N) is 1. The van der Waals surface area contributed by atoms with E-state index >= 15 is 0 Å². The van der Waals surface area contributed by atoms with Gasteiger partial charge in [-0.05, 0) is 25.5 Å². The summed E-state index contributed by atoms with van der Waals surface area (Å²) in [5.74, 6) is -0.708. The number of carboxylic acid groups (broad SMARTS) is 1. The topological polar surface area (TPSA) is 106 Å². The number of carbonyl (C=O) groups is 2. The van der Waals surface area contributed by atoms with E-state index in [2.05, 4.69) is 5.32 Å².